The van der Waals surface area contributed by atoms with Gasteiger partial charge in [-0.05, 0) is 97.7 Å². The quantitative estimate of drug-likeness (QED) is 0.652. The minimum Gasteiger partial charge on any atom is -0.393 e. The second-order valence-corrected chi connectivity index (χ2v) is 10.5. The Kier molecular flexibility index (Phi) is 4.34. The van der Waals surface area contributed by atoms with Gasteiger partial charge in [-0.25, -0.2) is 0 Å². The van der Waals surface area contributed by atoms with Crippen molar-refractivity contribution in [1.29, 1.82) is 0 Å². The van der Waals surface area contributed by atoms with Crippen molar-refractivity contribution in [3.63, 3.8) is 0 Å². The van der Waals surface area contributed by atoms with E-state index in [1.165, 1.54) is 51.4 Å². The molecule has 4 aliphatic carbocycles. The number of rotatable bonds is 2. The Morgan fingerprint density at radius 2 is 1.50 bits per heavy atom. The smallest absolute Gasteiger partial charge is 0.0543 e. The van der Waals surface area contributed by atoms with Crippen LogP contribution >= 0.6 is 0 Å². The molecule has 24 heavy (non-hydrogen) atoms. The van der Waals surface area contributed by atoms with Crippen molar-refractivity contribution >= 4 is 0 Å². The number of hydrogen-bond acceptors (Lipinski definition) is 1. The Bertz CT molecular complexity index is 473. The summed E-state index contributed by atoms with van der Waals surface area (Å²) in [5.74, 6) is 5.59. The highest BCUT2D eigenvalue weighted by atomic mass is 16.3. The molecule has 0 aromatic rings. The lowest BCUT2D eigenvalue weighted by atomic mass is 9.42. The SMILES string of the molecule is CCC1CC2C3CCC(CC)C3(C)CCC2C2(C)CCC(O)CC12. The van der Waals surface area contributed by atoms with Gasteiger partial charge in [0, 0.05) is 0 Å². The zero-order valence-electron chi connectivity index (χ0n) is 16.6. The standard InChI is InChI=1S/C23H40O/c1-5-15-13-18-19-8-7-16(6-2)22(19,3)12-10-20(18)23(4)11-9-17(24)14-21(15)23/h15-21,24H,5-14H2,1-4H3. The zero-order chi connectivity index (χ0) is 17.1. The predicted molar refractivity (Wildman–Crippen MR) is 101 cm³/mol. The molecule has 0 radical (unpaired) electrons. The van der Waals surface area contributed by atoms with E-state index in [0.29, 0.717) is 10.8 Å². The fraction of sp³-hybridized carbons (Fsp3) is 1.00. The van der Waals surface area contributed by atoms with Gasteiger partial charge in [-0.1, -0.05) is 40.5 Å². The Hall–Kier alpha value is -0.0400. The first-order valence-electron chi connectivity index (χ1n) is 11.1. The molecule has 1 nitrogen and oxygen atoms in total. The van der Waals surface area contributed by atoms with E-state index < -0.39 is 0 Å². The second kappa shape index (κ2) is 6.00. The molecule has 9 unspecified atom stereocenters. The predicted octanol–water partition coefficient (Wildman–Crippen LogP) is 6.05. The van der Waals surface area contributed by atoms with E-state index in [9.17, 15) is 5.11 Å². The van der Waals surface area contributed by atoms with Crippen LogP contribution in [-0.2, 0) is 0 Å². The molecule has 0 heterocycles. The second-order valence-electron chi connectivity index (χ2n) is 10.5. The Morgan fingerprint density at radius 1 is 0.792 bits per heavy atom. The third-order valence-corrected chi connectivity index (χ3v) is 10.0. The van der Waals surface area contributed by atoms with Gasteiger partial charge in [0.15, 0.2) is 0 Å². The Morgan fingerprint density at radius 3 is 2.21 bits per heavy atom. The van der Waals surface area contributed by atoms with Crippen molar-refractivity contribution in [2.75, 3.05) is 0 Å². The van der Waals surface area contributed by atoms with Crippen LogP contribution in [0.5, 0.6) is 0 Å². The molecule has 0 bridgehead atoms. The number of aliphatic hydroxyl groups excluding tert-OH is 1. The summed E-state index contributed by atoms with van der Waals surface area (Å²) >= 11 is 0. The third kappa shape index (κ3) is 2.29. The average Bonchev–Trinajstić information content (AvgIpc) is 2.91. The van der Waals surface area contributed by atoms with E-state index in [2.05, 4.69) is 27.7 Å². The van der Waals surface area contributed by atoms with Crippen molar-refractivity contribution in [3.05, 3.63) is 0 Å². The van der Waals surface area contributed by atoms with Crippen LogP contribution in [0.4, 0.5) is 0 Å². The van der Waals surface area contributed by atoms with E-state index in [0.717, 1.165) is 48.3 Å². The lowest BCUT2D eigenvalue weighted by Gasteiger charge is -2.63. The molecular formula is C23H40O. The number of hydrogen-bond donors (Lipinski definition) is 1. The zero-order valence-corrected chi connectivity index (χ0v) is 16.6. The van der Waals surface area contributed by atoms with Gasteiger partial charge in [0.2, 0.25) is 0 Å². The van der Waals surface area contributed by atoms with Gasteiger partial charge in [0.1, 0.15) is 0 Å². The van der Waals surface area contributed by atoms with Gasteiger partial charge in [0.25, 0.3) is 0 Å². The Balaban J connectivity index is 1.66. The molecule has 0 saturated heterocycles. The molecule has 9 atom stereocenters. The summed E-state index contributed by atoms with van der Waals surface area (Å²) in [4.78, 5) is 0. The lowest BCUT2D eigenvalue weighted by Crippen LogP contribution is -2.56. The maximum absolute atomic E-state index is 10.3. The van der Waals surface area contributed by atoms with Crippen molar-refractivity contribution < 1.29 is 5.11 Å². The fourth-order valence-corrected chi connectivity index (χ4v) is 8.71. The van der Waals surface area contributed by atoms with Crippen molar-refractivity contribution in [3.8, 4) is 0 Å². The third-order valence-electron chi connectivity index (χ3n) is 10.0. The molecule has 0 spiro atoms. The molecule has 1 N–H and O–H groups in total. The van der Waals surface area contributed by atoms with Crippen LogP contribution in [0.25, 0.3) is 0 Å². The first-order chi connectivity index (χ1) is 11.4. The maximum atomic E-state index is 10.3. The number of aliphatic hydroxyl groups is 1. The summed E-state index contributed by atoms with van der Waals surface area (Å²) in [5, 5.41) is 10.3. The topological polar surface area (TPSA) is 20.2 Å². The first-order valence-corrected chi connectivity index (χ1v) is 11.1. The molecule has 0 amide bonds. The highest BCUT2D eigenvalue weighted by Crippen LogP contribution is 2.68. The van der Waals surface area contributed by atoms with Crippen LogP contribution in [0.2, 0.25) is 0 Å². The lowest BCUT2D eigenvalue weighted by molar-refractivity contribution is -0.150. The first kappa shape index (κ1) is 17.4. The highest BCUT2D eigenvalue weighted by molar-refractivity contribution is 5.10. The average molecular weight is 333 g/mol. The minimum atomic E-state index is -0.0153. The molecule has 4 fully saturated rings. The summed E-state index contributed by atoms with van der Waals surface area (Å²) in [5.41, 5.74) is 1.17. The summed E-state index contributed by atoms with van der Waals surface area (Å²) in [6, 6.07) is 0. The molecule has 1 heteroatoms. The van der Waals surface area contributed by atoms with E-state index >= 15 is 0 Å². The fourth-order valence-electron chi connectivity index (χ4n) is 8.71. The van der Waals surface area contributed by atoms with Crippen molar-refractivity contribution in [2.24, 2.45) is 46.3 Å². The van der Waals surface area contributed by atoms with Gasteiger partial charge < -0.3 is 5.11 Å². The van der Waals surface area contributed by atoms with Crippen LogP contribution < -0.4 is 0 Å². The highest BCUT2D eigenvalue weighted by Gasteiger charge is 2.61. The van der Waals surface area contributed by atoms with E-state index in [4.69, 9.17) is 0 Å². The molecule has 0 aromatic heterocycles. The van der Waals surface area contributed by atoms with Crippen LogP contribution in [0.1, 0.15) is 91.9 Å². The van der Waals surface area contributed by atoms with Crippen LogP contribution in [0.15, 0.2) is 0 Å². The van der Waals surface area contributed by atoms with Crippen LogP contribution in [0, 0.1) is 46.3 Å². The largest absolute Gasteiger partial charge is 0.393 e. The monoisotopic (exact) mass is 332 g/mol. The number of fused-ring (bicyclic) bond motifs is 5. The van der Waals surface area contributed by atoms with Crippen molar-refractivity contribution in [1.82, 2.24) is 0 Å². The van der Waals surface area contributed by atoms with Crippen molar-refractivity contribution in [2.45, 2.75) is 98.0 Å². The van der Waals surface area contributed by atoms with Gasteiger partial charge in [-0.3, -0.25) is 0 Å². The minimum absolute atomic E-state index is 0.0153. The Labute approximate surface area is 150 Å². The maximum Gasteiger partial charge on any atom is 0.0543 e. The molecule has 0 aromatic carbocycles. The molecule has 0 aliphatic heterocycles. The molecule has 4 saturated carbocycles. The van der Waals surface area contributed by atoms with E-state index in [-0.39, 0.29) is 6.10 Å². The normalized spacial score (nSPS) is 57.1. The van der Waals surface area contributed by atoms with Gasteiger partial charge in [-0.15, -0.1) is 0 Å². The molecule has 4 aliphatic rings. The molecule has 4 rings (SSSR count). The summed E-state index contributed by atoms with van der Waals surface area (Å²) in [6.07, 6.45) is 13.6. The van der Waals surface area contributed by atoms with Gasteiger partial charge >= 0.3 is 0 Å². The van der Waals surface area contributed by atoms with Gasteiger partial charge in [0.05, 0.1) is 6.10 Å². The van der Waals surface area contributed by atoms with Crippen LogP contribution in [-0.4, -0.2) is 11.2 Å². The summed E-state index contributed by atoms with van der Waals surface area (Å²) < 4.78 is 0. The van der Waals surface area contributed by atoms with Crippen LogP contribution in [0.3, 0.4) is 0 Å². The van der Waals surface area contributed by atoms with Gasteiger partial charge in [-0.2, -0.15) is 0 Å². The summed E-state index contributed by atoms with van der Waals surface area (Å²) in [7, 11) is 0. The van der Waals surface area contributed by atoms with E-state index in [1.807, 2.05) is 0 Å². The molecule has 138 valence electrons. The molecular weight excluding hydrogens is 292 g/mol. The summed E-state index contributed by atoms with van der Waals surface area (Å²) in [6.45, 7) is 10.1. The van der Waals surface area contributed by atoms with E-state index in [1.54, 1.807) is 0 Å².